The maximum atomic E-state index is 11.1. The van der Waals surface area contributed by atoms with Gasteiger partial charge in [-0.25, -0.2) is 9.97 Å². The average Bonchev–Trinajstić information content (AvgIpc) is 3.50. The van der Waals surface area contributed by atoms with Gasteiger partial charge in [-0.15, -0.1) is 34.0 Å². The first-order chi connectivity index (χ1) is 14.6. The van der Waals surface area contributed by atoms with E-state index in [0.29, 0.717) is 16.5 Å². The second-order valence-corrected chi connectivity index (χ2v) is 8.40. The van der Waals surface area contributed by atoms with Crippen LogP contribution in [0.5, 0.6) is 0 Å². The van der Waals surface area contributed by atoms with Gasteiger partial charge in [0.1, 0.15) is 9.53 Å². The highest BCUT2D eigenvalue weighted by molar-refractivity contribution is 7.17. The molecule has 0 fully saturated rings. The fourth-order valence-corrected chi connectivity index (χ4v) is 4.78. The first kappa shape index (κ1) is 20.0. The van der Waals surface area contributed by atoms with Crippen LogP contribution in [0.2, 0.25) is 0 Å². The van der Waals surface area contributed by atoms with E-state index in [2.05, 4.69) is 24.9 Å². The van der Waals surface area contributed by atoms with Crippen molar-refractivity contribution >= 4 is 72.1 Å². The Morgan fingerprint density at radius 2 is 1.70 bits per heavy atom. The number of rotatable bonds is 0. The molecule has 0 amide bonds. The second kappa shape index (κ2) is 9.03. The van der Waals surface area contributed by atoms with E-state index in [0.717, 1.165) is 21.6 Å². The van der Waals surface area contributed by atoms with E-state index in [9.17, 15) is 14.4 Å². The van der Waals surface area contributed by atoms with Crippen molar-refractivity contribution in [2.45, 2.75) is 6.42 Å². The SMILES string of the molecule is O=C1CC=Nc2cscc21.O=c1[nH]cnc2ccsc12.O=c1[nH]cnc2sccc12. The van der Waals surface area contributed by atoms with Crippen LogP contribution >= 0.6 is 34.0 Å². The molecule has 1 aliphatic heterocycles. The maximum Gasteiger partial charge on any atom is 0.268 e. The van der Waals surface area contributed by atoms with Gasteiger partial charge in [0.25, 0.3) is 11.1 Å². The van der Waals surface area contributed by atoms with Crippen molar-refractivity contribution in [2.24, 2.45) is 4.99 Å². The molecule has 6 heterocycles. The fourth-order valence-electron chi connectivity index (χ4n) is 2.54. The summed E-state index contributed by atoms with van der Waals surface area (Å²) in [6.07, 6.45) is 4.96. The van der Waals surface area contributed by atoms with Crippen molar-refractivity contribution in [3.63, 3.8) is 0 Å². The standard InChI is InChI=1S/C7H5NOS.2C6H4N2OS/c9-7-1-2-8-6-4-10-3-5(6)7;9-6-5-4(1-2-10-5)7-3-8-6;9-5-4-1-2-10-6(4)8-3-7-5/h2-4H,1H2;2*1-3H,(H,7,8,9). The number of aliphatic imine (C=N–C) groups is 1. The summed E-state index contributed by atoms with van der Waals surface area (Å²) in [4.78, 5) is 50.8. The summed E-state index contributed by atoms with van der Waals surface area (Å²) in [5.74, 6) is 0.186. The summed E-state index contributed by atoms with van der Waals surface area (Å²) >= 11 is 4.40. The monoisotopic (exact) mass is 455 g/mol. The van der Waals surface area contributed by atoms with Crippen LogP contribution in [0, 0.1) is 0 Å². The van der Waals surface area contributed by atoms with Crippen LogP contribution in [-0.2, 0) is 0 Å². The summed E-state index contributed by atoms with van der Waals surface area (Å²) in [5.41, 5.74) is 2.27. The summed E-state index contributed by atoms with van der Waals surface area (Å²) in [5, 5.41) is 8.13. The molecule has 150 valence electrons. The molecule has 0 saturated carbocycles. The molecule has 0 unspecified atom stereocenters. The Balaban J connectivity index is 0.000000109. The Labute approximate surface area is 180 Å². The Morgan fingerprint density at radius 1 is 0.900 bits per heavy atom. The van der Waals surface area contributed by atoms with Gasteiger partial charge in [-0.1, -0.05) is 0 Å². The van der Waals surface area contributed by atoms with Gasteiger partial charge >= 0.3 is 0 Å². The van der Waals surface area contributed by atoms with Crippen LogP contribution in [0.15, 0.2) is 60.9 Å². The van der Waals surface area contributed by atoms with E-state index < -0.39 is 0 Å². The third-order valence-electron chi connectivity index (χ3n) is 3.97. The highest BCUT2D eigenvalue weighted by atomic mass is 32.1. The maximum absolute atomic E-state index is 11.1. The lowest BCUT2D eigenvalue weighted by Gasteiger charge is -2.00. The highest BCUT2D eigenvalue weighted by Crippen LogP contribution is 2.27. The van der Waals surface area contributed by atoms with Crippen molar-refractivity contribution in [1.29, 1.82) is 0 Å². The molecule has 0 atom stereocenters. The zero-order chi connectivity index (χ0) is 20.9. The molecule has 0 saturated heterocycles. The summed E-state index contributed by atoms with van der Waals surface area (Å²) in [6, 6.07) is 3.60. The molecular formula is C19H13N5O3S3. The Morgan fingerprint density at radius 3 is 2.50 bits per heavy atom. The number of Topliss-reactive ketones (excluding diaryl/α,β-unsaturated/α-hetero) is 1. The van der Waals surface area contributed by atoms with Crippen LogP contribution in [-0.4, -0.2) is 31.9 Å². The summed E-state index contributed by atoms with van der Waals surface area (Å²) in [6.45, 7) is 0. The lowest BCUT2D eigenvalue weighted by atomic mass is 10.1. The predicted octanol–water partition coefficient (Wildman–Crippen LogP) is 4.01. The number of hydrogen-bond donors (Lipinski definition) is 2. The fraction of sp³-hybridized carbons (Fsp3) is 0.0526. The van der Waals surface area contributed by atoms with Gasteiger partial charge in [0, 0.05) is 23.4 Å². The van der Waals surface area contributed by atoms with Crippen molar-refractivity contribution in [1.82, 2.24) is 19.9 Å². The van der Waals surface area contributed by atoms with E-state index in [-0.39, 0.29) is 16.9 Å². The number of aromatic nitrogens is 4. The lowest BCUT2D eigenvalue weighted by Crippen LogP contribution is -2.03. The number of H-pyrrole nitrogens is 2. The highest BCUT2D eigenvalue weighted by Gasteiger charge is 2.13. The number of fused-ring (bicyclic) bond motifs is 3. The van der Waals surface area contributed by atoms with E-state index in [1.807, 2.05) is 27.6 Å². The molecular weight excluding hydrogens is 442 g/mol. The van der Waals surface area contributed by atoms with Gasteiger partial charge in [0.2, 0.25) is 0 Å². The van der Waals surface area contributed by atoms with Gasteiger partial charge in [-0.3, -0.25) is 19.4 Å². The van der Waals surface area contributed by atoms with Crippen LogP contribution in [0.3, 0.4) is 0 Å². The van der Waals surface area contributed by atoms with Crippen LogP contribution in [0.4, 0.5) is 5.69 Å². The number of hydrogen-bond acceptors (Lipinski definition) is 9. The van der Waals surface area contributed by atoms with Crippen molar-refractivity contribution in [2.75, 3.05) is 0 Å². The van der Waals surface area contributed by atoms with E-state index in [1.165, 1.54) is 46.7 Å². The number of nitrogens with zero attached hydrogens (tertiary/aromatic N) is 3. The molecule has 0 radical (unpaired) electrons. The summed E-state index contributed by atoms with van der Waals surface area (Å²) in [7, 11) is 0. The van der Waals surface area contributed by atoms with Gasteiger partial charge < -0.3 is 9.97 Å². The topological polar surface area (TPSA) is 121 Å². The van der Waals surface area contributed by atoms with Gasteiger partial charge in [0.15, 0.2) is 5.78 Å². The molecule has 5 aromatic heterocycles. The third-order valence-corrected chi connectivity index (χ3v) is 6.42. The third kappa shape index (κ3) is 4.32. The van der Waals surface area contributed by atoms with E-state index in [1.54, 1.807) is 12.3 Å². The Hall–Kier alpha value is -3.28. The molecule has 0 aromatic carbocycles. The van der Waals surface area contributed by atoms with Crippen molar-refractivity contribution < 1.29 is 4.79 Å². The zero-order valence-corrected chi connectivity index (χ0v) is 17.6. The normalized spacial score (nSPS) is 12.1. The number of carbonyl (C=O) groups excluding carboxylic acids is 1. The molecule has 1 aliphatic rings. The van der Waals surface area contributed by atoms with Gasteiger partial charge in [-0.05, 0) is 22.9 Å². The minimum Gasteiger partial charge on any atom is -0.313 e. The number of nitrogens with one attached hydrogen (secondary N) is 2. The Bertz CT molecular complexity index is 1380. The van der Waals surface area contributed by atoms with Gasteiger partial charge in [-0.2, -0.15) is 0 Å². The first-order valence-corrected chi connectivity index (χ1v) is 11.3. The molecule has 8 nitrogen and oxygen atoms in total. The minimum atomic E-state index is -0.0637. The summed E-state index contributed by atoms with van der Waals surface area (Å²) < 4.78 is 0.697. The van der Waals surface area contributed by atoms with E-state index >= 15 is 0 Å². The number of carbonyl (C=O) groups is 1. The minimum absolute atomic E-state index is 0.0556. The van der Waals surface area contributed by atoms with E-state index in [4.69, 9.17) is 0 Å². The number of thiophene rings is 3. The number of ketones is 1. The smallest absolute Gasteiger partial charge is 0.268 e. The van der Waals surface area contributed by atoms with Crippen molar-refractivity contribution in [3.05, 3.63) is 72.6 Å². The number of aromatic amines is 2. The molecule has 0 bridgehead atoms. The quantitative estimate of drug-likeness (QED) is 0.365. The predicted molar refractivity (Wildman–Crippen MR) is 122 cm³/mol. The molecule has 30 heavy (non-hydrogen) atoms. The van der Waals surface area contributed by atoms with Crippen LogP contribution in [0.1, 0.15) is 16.8 Å². The molecule has 2 N–H and O–H groups in total. The average molecular weight is 456 g/mol. The molecule has 6 rings (SSSR count). The Kier molecular flexibility index (Phi) is 6.02. The largest absolute Gasteiger partial charge is 0.313 e. The molecule has 0 aliphatic carbocycles. The first-order valence-electron chi connectivity index (χ1n) is 8.57. The van der Waals surface area contributed by atoms with Gasteiger partial charge in [0.05, 0.1) is 34.8 Å². The zero-order valence-electron chi connectivity index (χ0n) is 15.2. The van der Waals surface area contributed by atoms with Crippen LogP contribution < -0.4 is 11.1 Å². The molecule has 5 aromatic rings. The van der Waals surface area contributed by atoms with Crippen molar-refractivity contribution in [3.8, 4) is 0 Å². The molecule has 11 heteroatoms. The molecule has 0 spiro atoms. The van der Waals surface area contributed by atoms with Crippen LogP contribution in [0.25, 0.3) is 20.4 Å². The second-order valence-electron chi connectivity index (χ2n) is 5.85. The lowest BCUT2D eigenvalue weighted by molar-refractivity contribution is 0.100.